The van der Waals surface area contributed by atoms with Gasteiger partial charge in [-0.1, -0.05) is 31.2 Å². The average Bonchev–Trinajstić information content (AvgIpc) is 2.93. The van der Waals surface area contributed by atoms with Crippen molar-refractivity contribution in [2.45, 2.75) is 51.3 Å². The van der Waals surface area contributed by atoms with Gasteiger partial charge in [-0.15, -0.1) is 0 Å². The standard InChI is InChI=1S/C18H30N2O/c1-5-15-8-10-16(11-9-15)18(21)14(2)20-12-6-7-17(20)13-19(3)4/h8-11,14,17-18,21H,5-7,12-13H2,1-4H3. The Kier molecular flexibility index (Phi) is 5.80. The number of likely N-dealkylation sites (N-methyl/N-ethyl adjacent to an activating group) is 1. The Hall–Kier alpha value is -0.900. The molecule has 3 unspecified atom stereocenters. The Balaban J connectivity index is 2.04. The van der Waals surface area contributed by atoms with E-state index in [1.807, 2.05) is 0 Å². The number of aryl methyl sites for hydroxylation is 1. The van der Waals surface area contributed by atoms with Crippen LogP contribution in [-0.2, 0) is 6.42 Å². The van der Waals surface area contributed by atoms with Gasteiger partial charge in [0.25, 0.3) is 0 Å². The number of hydrogen-bond donors (Lipinski definition) is 1. The first kappa shape index (κ1) is 16.5. The lowest BCUT2D eigenvalue weighted by Crippen LogP contribution is -2.45. The molecule has 1 N–H and O–H groups in total. The number of benzene rings is 1. The zero-order valence-electron chi connectivity index (χ0n) is 13.9. The molecular weight excluding hydrogens is 260 g/mol. The molecular formula is C18H30N2O. The zero-order valence-corrected chi connectivity index (χ0v) is 13.9. The van der Waals surface area contributed by atoms with E-state index in [9.17, 15) is 5.11 Å². The molecule has 1 aromatic rings. The SMILES string of the molecule is CCc1ccc(C(O)C(C)N2CCCC2CN(C)C)cc1. The molecule has 0 saturated carbocycles. The molecule has 1 heterocycles. The van der Waals surface area contributed by atoms with E-state index in [0.717, 1.165) is 25.1 Å². The van der Waals surface area contributed by atoms with Crippen LogP contribution in [0.4, 0.5) is 0 Å². The zero-order chi connectivity index (χ0) is 15.4. The predicted molar refractivity (Wildman–Crippen MR) is 88.5 cm³/mol. The monoisotopic (exact) mass is 290 g/mol. The van der Waals surface area contributed by atoms with Crippen LogP contribution < -0.4 is 0 Å². The van der Waals surface area contributed by atoms with E-state index in [0.29, 0.717) is 6.04 Å². The summed E-state index contributed by atoms with van der Waals surface area (Å²) in [6.45, 7) is 6.49. The molecule has 0 aliphatic carbocycles. The number of aliphatic hydroxyl groups excluding tert-OH is 1. The minimum absolute atomic E-state index is 0.171. The van der Waals surface area contributed by atoms with Crippen molar-refractivity contribution in [3.05, 3.63) is 35.4 Å². The molecule has 2 rings (SSSR count). The largest absolute Gasteiger partial charge is 0.387 e. The summed E-state index contributed by atoms with van der Waals surface area (Å²) < 4.78 is 0. The summed E-state index contributed by atoms with van der Waals surface area (Å²) in [7, 11) is 4.25. The van der Waals surface area contributed by atoms with Gasteiger partial charge in [0, 0.05) is 18.6 Å². The molecule has 0 bridgehead atoms. The molecule has 1 aliphatic rings. The Labute approximate surface area is 129 Å². The molecule has 0 aromatic heterocycles. The van der Waals surface area contributed by atoms with Gasteiger partial charge in [0.1, 0.15) is 0 Å². The number of nitrogens with zero attached hydrogens (tertiary/aromatic N) is 2. The second-order valence-corrected chi connectivity index (χ2v) is 6.58. The van der Waals surface area contributed by atoms with Crippen LogP contribution in [0.15, 0.2) is 24.3 Å². The lowest BCUT2D eigenvalue weighted by atomic mass is 9.99. The van der Waals surface area contributed by atoms with E-state index >= 15 is 0 Å². The topological polar surface area (TPSA) is 26.7 Å². The third-order valence-corrected chi connectivity index (χ3v) is 4.71. The second-order valence-electron chi connectivity index (χ2n) is 6.58. The highest BCUT2D eigenvalue weighted by molar-refractivity contribution is 5.25. The maximum Gasteiger partial charge on any atom is 0.0942 e. The molecule has 1 aromatic carbocycles. The van der Waals surface area contributed by atoms with Crippen molar-refractivity contribution in [1.82, 2.24) is 9.80 Å². The Bertz CT molecular complexity index is 429. The Morgan fingerprint density at radius 1 is 1.29 bits per heavy atom. The smallest absolute Gasteiger partial charge is 0.0942 e. The van der Waals surface area contributed by atoms with Crippen LogP contribution in [-0.4, -0.2) is 54.2 Å². The van der Waals surface area contributed by atoms with Crippen molar-refractivity contribution in [2.75, 3.05) is 27.2 Å². The fourth-order valence-corrected chi connectivity index (χ4v) is 3.42. The molecule has 3 atom stereocenters. The van der Waals surface area contributed by atoms with Crippen LogP contribution in [0.5, 0.6) is 0 Å². The fraction of sp³-hybridized carbons (Fsp3) is 0.667. The van der Waals surface area contributed by atoms with Gasteiger partial charge in [-0.05, 0) is 58.0 Å². The van der Waals surface area contributed by atoms with E-state index in [4.69, 9.17) is 0 Å². The van der Waals surface area contributed by atoms with Gasteiger partial charge in [-0.2, -0.15) is 0 Å². The highest BCUT2D eigenvalue weighted by atomic mass is 16.3. The summed E-state index contributed by atoms with van der Waals surface area (Å²) in [4.78, 5) is 4.73. The summed E-state index contributed by atoms with van der Waals surface area (Å²) >= 11 is 0. The van der Waals surface area contributed by atoms with Gasteiger partial charge in [0.2, 0.25) is 0 Å². The minimum atomic E-state index is -0.404. The average molecular weight is 290 g/mol. The van der Waals surface area contributed by atoms with Crippen LogP contribution in [0, 0.1) is 0 Å². The second kappa shape index (κ2) is 7.39. The number of hydrogen-bond acceptors (Lipinski definition) is 3. The first-order valence-electron chi connectivity index (χ1n) is 8.20. The maximum atomic E-state index is 10.7. The van der Waals surface area contributed by atoms with E-state index < -0.39 is 6.10 Å². The van der Waals surface area contributed by atoms with Crippen LogP contribution >= 0.6 is 0 Å². The van der Waals surface area contributed by atoms with Gasteiger partial charge in [0.05, 0.1) is 6.10 Å². The van der Waals surface area contributed by atoms with E-state index in [1.165, 1.54) is 18.4 Å². The molecule has 0 spiro atoms. The minimum Gasteiger partial charge on any atom is -0.387 e. The lowest BCUT2D eigenvalue weighted by molar-refractivity contribution is 0.0445. The molecule has 0 radical (unpaired) electrons. The molecule has 118 valence electrons. The highest BCUT2D eigenvalue weighted by Gasteiger charge is 2.32. The summed E-state index contributed by atoms with van der Waals surface area (Å²) in [6, 6.07) is 9.16. The summed E-state index contributed by atoms with van der Waals surface area (Å²) in [6.07, 6.45) is 3.12. The predicted octanol–water partition coefficient (Wildman–Crippen LogP) is 2.70. The van der Waals surface area contributed by atoms with Crippen molar-refractivity contribution >= 4 is 0 Å². The van der Waals surface area contributed by atoms with Crippen LogP contribution in [0.25, 0.3) is 0 Å². The molecule has 1 saturated heterocycles. The van der Waals surface area contributed by atoms with Crippen LogP contribution in [0.3, 0.4) is 0 Å². The van der Waals surface area contributed by atoms with Crippen molar-refractivity contribution in [2.24, 2.45) is 0 Å². The van der Waals surface area contributed by atoms with Crippen molar-refractivity contribution < 1.29 is 5.11 Å². The third-order valence-electron chi connectivity index (χ3n) is 4.71. The van der Waals surface area contributed by atoms with Gasteiger partial charge in [-0.3, -0.25) is 4.90 Å². The van der Waals surface area contributed by atoms with E-state index in [2.05, 4.69) is 62.0 Å². The quantitative estimate of drug-likeness (QED) is 0.872. The first-order valence-corrected chi connectivity index (χ1v) is 8.20. The van der Waals surface area contributed by atoms with Gasteiger partial charge in [0.15, 0.2) is 0 Å². The summed E-state index contributed by atoms with van der Waals surface area (Å²) in [5, 5.41) is 10.7. The van der Waals surface area contributed by atoms with Crippen molar-refractivity contribution in [1.29, 1.82) is 0 Å². The fourth-order valence-electron chi connectivity index (χ4n) is 3.42. The van der Waals surface area contributed by atoms with Crippen LogP contribution in [0.1, 0.15) is 43.9 Å². The number of aliphatic hydroxyl groups is 1. The Morgan fingerprint density at radius 2 is 1.95 bits per heavy atom. The normalized spacial score (nSPS) is 22.7. The molecule has 0 amide bonds. The maximum absolute atomic E-state index is 10.7. The lowest BCUT2D eigenvalue weighted by Gasteiger charge is -2.35. The highest BCUT2D eigenvalue weighted by Crippen LogP contribution is 2.28. The molecule has 3 nitrogen and oxygen atoms in total. The number of likely N-dealkylation sites (tertiary alicyclic amines) is 1. The molecule has 21 heavy (non-hydrogen) atoms. The molecule has 1 aliphatic heterocycles. The van der Waals surface area contributed by atoms with Gasteiger partial charge in [-0.25, -0.2) is 0 Å². The number of rotatable bonds is 6. The Morgan fingerprint density at radius 3 is 2.52 bits per heavy atom. The van der Waals surface area contributed by atoms with Crippen LogP contribution in [0.2, 0.25) is 0 Å². The van der Waals surface area contributed by atoms with Crippen molar-refractivity contribution in [3.63, 3.8) is 0 Å². The van der Waals surface area contributed by atoms with Gasteiger partial charge >= 0.3 is 0 Å². The summed E-state index contributed by atoms with van der Waals surface area (Å²) in [5.41, 5.74) is 2.36. The van der Waals surface area contributed by atoms with E-state index in [1.54, 1.807) is 0 Å². The molecule has 3 heteroatoms. The van der Waals surface area contributed by atoms with Crippen molar-refractivity contribution in [3.8, 4) is 0 Å². The molecule has 1 fully saturated rings. The third kappa shape index (κ3) is 4.06. The first-order chi connectivity index (χ1) is 10.0. The van der Waals surface area contributed by atoms with E-state index in [-0.39, 0.29) is 6.04 Å². The van der Waals surface area contributed by atoms with Gasteiger partial charge < -0.3 is 10.0 Å². The summed E-state index contributed by atoms with van der Waals surface area (Å²) in [5.74, 6) is 0.